The standard InChI is InChI=1S/C29H37NO2/c1-27-16-17-29(31,15-12-20-4-6-21(19-30)7-5-20)18-22(27)8-9-23-24-10-11-26(32-3)28(24,2)14-13-25(23)27/h4-7,22-26,31H,8-11,13-14,16-18H2,1-3H3/t22-,23+,24+,25+,26+,27+,28+,29-/m1/s1. The Morgan fingerprint density at radius 3 is 2.34 bits per heavy atom. The van der Waals surface area contributed by atoms with Crippen molar-refractivity contribution in [2.75, 3.05) is 7.11 Å². The second-order valence-electron chi connectivity index (χ2n) is 11.7. The SMILES string of the molecule is CO[C@H]1CC[C@H]2[C@@H]3CC[C@@H]4C[C@@](O)(C#Cc5ccc(C#N)cc5)CC[C@]4(C)[C@H]3CC[C@]12C. The molecule has 0 spiro atoms. The van der Waals surface area contributed by atoms with Crippen molar-refractivity contribution in [1.29, 1.82) is 5.26 Å². The van der Waals surface area contributed by atoms with Crippen molar-refractivity contribution in [1.82, 2.24) is 0 Å². The molecular weight excluding hydrogens is 394 g/mol. The third kappa shape index (κ3) is 3.41. The summed E-state index contributed by atoms with van der Waals surface area (Å²) in [5.41, 5.74) is 1.32. The first kappa shape index (κ1) is 22.0. The molecule has 3 heteroatoms. The van der Waals surface area contributed by atoms with Crippen LogP contribution in [0.2, 0.25) is 0 Å². The maximum Gasteiger partial charge on any atom is 0.126 e. The van der Waals surface area contributed by atoms with Gasteiger partial charge in [0.25, 0.3) is 0 Å². The Morgan fingerprint density at radius 2 is 1.62 bits per heavy atom. The van der Waals surface area contributed by atoms with Crippen LogP contribution in [0.15, 0.2) is 24.3 Å². The summed E-state index contributed by atoms with van der Waals surface area (Å²) in [6, 6.07) is 9.48. The molecule has 4 saturated carbocycles. The number of nitrogens with zero attached hydrogens (tertiary/aromatic N) is 1. The highest BCUT2D eigenvalue weighted by molar-refractivity contribution is 5.41. The minimum atomic E-state index is -0.886. The van der Waals surface area contributed by atoms with Gasteiger partial charge in [-0.05, 0) is 117 Å². The summed E-state index contributed by atoms with van der Waals surface area (Å²) < 4.78 is 5.93. The van der Waals surface area contributed by atoms with Gasteiger partial charge in [-0.15, -0.1) is 0 Å². The second kappa shape index (κ2) is 7.90. The Balaban J connectivity index is 1.33. The molecule has 0 aromatic heterocycles. The van der Waals surface area contributed by atoms with Crippen molar-refractivity contribution in [2.24, 2.45) is 34.5 Å². The molecule has 5 rings (SSSR count). The number of hydrogen-bond acceptors (Lipinski definition) is 3. The van der Waals surface area contributed by atoms with E-state index in [1.165, 1.54) is 38.5 Å². The van der Waals surface area contributed by atoms with Crippen LogP contribution in [-0.2, 0) is 4.74 Å². The van der Waals surface area contributed by atoms with Crippen LogP contribution in [0, 0.1) is 57.7 Å². The second-order valence-corrected chi connectivity index (χ2v) is 11.7. The van der Waals surface area contributed by atoms with Crippen LogP contribution in [0.1, 0.15) is 82.8 Å². The van der Waals surface area contributed by atoms with Crippen LogP contribution in [0.4, 0.5) is 0 Å². The molecule has 0 aliphatic heterocycles. The van der Waals surface area contributed by atoms with Gasteiger partial charge in [0, 0.05) is 12.7 Å². The first-order valence-electron chi connectivity index (χ1n) is 12.6. The molecule has 4 aliphatic rings. The van der Waals surface area contributed by atoms with Crippen LogP contribution >= 0.6 is 0 Å². The van der Waals surface area contributed by atoms with E-state index in [1.54, 1.807) is 12.1 Å². The van der Waals surface area contributed by atoms with Gasteiger partial charge in [0.1, 0.15) is 5.60 Å². The van der Waals surface area contributed by atoms with Crippen molar-refractivity contribution >= 4 is 0 Å². The summed E-state index contributed by atoms with van der Waals surface area (Å²) in [5.74, 6) is 9.40. The van der Waals surface area contributed by atoms with Gasteiger partial charge in [-0.2, -0.15) is 5.26 Å². The Kier molecular flexibility index (Phi) is 5.43. The van der Waals surface area contributed by atoms with Crippen molar-refractivity contribution in [3.63, 3.8) is 0 Å². The normalized spacial score (nSPS) is 44.9. The molecule has 1 aromatic rings. The summed E-state index contributed by atoms with van der Waals surface area (Å²) in [5, 5.41) is 20.4. The van der Waals surface area contributed by atoms with Crippen molar-refractivity contribution in [3.05, 3.63) is 35.4 Å². The maximum absolute atomic E-state index is 11.4. The summed E-state index contributed by atoms with van der Waals surface area (Å²) in [6.07, 6.45) is 10.8. The lowest BCUT2D eigenvalue weighted by Gasteiger charge is -2.61. The summed E-state index contributed by atoms with van der Waals surface area (Å²) in [6.45, 7) is 5.04. The Morgan fingerprint density at radius 1 is 0.906 bits per heavy atom. The highest BCUT2D eigenvalue weighted by Crippen LogP contribution is 2.67. The van der Waals surface area contributed by atoms with Gasteiger partial charge in [0.15, 0.2) is 0 Å². The number of nitriles is 1. The molecule has 32 heavy (non-hydrogen) atoms. The molecule has 0 amide bonds. The number of benzene rings is 1. The van der Waals surface area contributed by atoms with E-state index in [1.807, 2.05) is 19.2 Å². The number of fused-ring (bicyclic) bond motifs is 5. The molecule has 170 valence electrons. The van der Waals surface area contributed by atoms with E-state index >= 15 is 0 Å². The van der Waals surface area contributed by atoms with Gasteiger partial charge in [-0.3, -0.25) is 0 Å². The topological polar surface area (TPSA) is 53.2 Å². The average molecular weight is 432 g/mol. The number of aliphatic hydroxyl groups is 1. The predicted octanol–water partition coefficient (Wildman–Crippen LogP) is 5.70. The quantitative estimate of drug-likeness (QED) is 0.581. The van der Waals surface area contributed by atoms with Gasteiger partial charge < -0.3 is 9.84 Å². The van der Waals surface area contributed by atoms with Gasteiger partial charge in [-0.1, -0.05) is 25.7 Å². The first-order valence-corrected chi connectivity index (χ1v) is 12.6. The van der Waals surface area contributed by atoms with E-state index in [-0.39, 0.29) is 0 Å². The monoisotopic (exact) mass is 431 g/mol. The molecule has 1 aromatic carbocycles. The van der Waals surface area contributed by atoms with Crippen molar-refractivity contribution in [3.8, 4) is 17.9 Å². The minimum Gasteiger partial charge on any atom is -0.381 e. The van der Waals surface area contributed by atoms with Crippen LogP contribution in [0.3, 0.4) is 0 Å². The molecule has 0 saturated heterocycles. The summed E-state index contributed by atoms with van der Waals surface area (Å²) >= 11 is 0. The van der Waals surface area contributed by atoms with Gasteiger partial charge in [-0.25, -0.2) is 0 Å². The fourth-order valence-corrected chi connectivity index (χ4v) is 8.51. The molecule has 0 heterocycles. The summed E-state index contributed by atoms with van der Waals surface area (Å²) in [7, 11) is 1.91. The van der Waals surface area contributed by atoms with E-state index in [9.17, 15) is 5.11 Å². The summed E-state index contributed by atoms with van der Waals surface area (Å²) in [4.78, 5) is 0. The van der Waals surface area contributed by atoms with Gasteiger partial charge in [0.05, 0.1) is 17.7 Å². The fourth-order valence-electron chi connectivity index (χ4n) is 8.51. The third-order valence-electron chi connectivity index (χ3n) is 10.4. The molecule has 3 nitrogen and oxygen atoms in total. The van der Waals surface area contributed by atoms with E-state index < -0.39 is 5.60 Å². The number of rotatable bonds is 1. The zero-order valence-corrected chi connectivity index (χ0v) is 19.9. The Labute approximate surface area is 193 Å². The Bertz CT molecular complexity index is 968. The smallest absolute Gasteiger partial charge is 0.126 e. The molecule has 0 unspecified atom stereocenters. The largest absolute Gasteiger partial charge is 0.381 e. The van der Waals surface area contributed by atoms with E-state index in [0.717, 1.165) is 42.6 Å². The lowest BCUT2D eigenvalue weighted by molar-refractivity contribution is -0.146. The van der Waals surface area contributed by atoms with E-state index in [4.69, 9.17) is 10.00 Å². The van der Waals surface area contributed by atoms with E-state index in [2.05, 4.69) is 31.8 Å². The first-order chi connectivity index (χ1) is 15.3. The molecular formula is C29H37NO2. The van der Waals surface area contributed by atoms with Crippen LogP contribution in [-0.4, -0.2) is 23.9 Å². The number of hydrogen-bond donors (Lipinski definition) is 1. The minimum absolute atomic E-state index is 0.331. The molecule has 8 atom stereocenters. The number of methoxy groups -OCH3 is 1. The average Bonchev–Trinajstić information content (AvgIpc) is 3.15. The lowest BCUT2D eigenvalue weighted by Crippen LogP contribution is -2.56. The Hall–Kier alpha value is -1.81. The third-order valence-corrected chi connectivity index (χ3v) is 10.4. The predicted molar refractivity (Wildman–Crippen MR) is 126 cm³/mol. The molecule has 0 bridgehead atoms. The number of ether oxygens (including phenoxy) is 1. The zero-order chi connectivity index (χ0) is 22.6. The zero-order valence-electron chi connectivity index (χ0n) is 19.9. The maximum atomic E-state index is 11.4. The molecule has 1 N–H and O–H groups in total. The van der Waals surface area contributed by atoms with Gasteiger partial charge in [0.2, 0.25) is 0 Å². The van der Waals surface area contributed by atoms with Gasteiger partial charge >= 0.3 is 0 Å². The molecule has 4 aliphatic carbocycles. The van der Waals surface area contributed by atoms with Crippen molar-refractivity contribution in [2.45, 2.75) is 83.3 Å². The van der Waals surface area contributed by atoms with Crippen molar-refractivity contribution < 1.29 is 9.84 Å². The highest BCUT2D eigenvalue weighted by Gasteiger charge is 2.61. The van der Waals surface area contributed by atoms with Crippen LogP contribution < -0.4 is 0 Å². The molecule has 0 radical (unpaired) electrons. The fraction of sp³-hybridized carbons (Fsp3) is 0.690. The van der Waals surface area contributed by atoms with Crippen LogP contribution in [0.25, 0.3) is 0 Å². The van der Waals surface area contributed by atoms with Crippen LogP contribution in [0.5, 0.6) is 0 Å². The lowest BCUT2D eigenvalue weighted by atomic mass is 9.44. The molecule has 4 fully saturated rings. The van der Waals surface area contributed by atoms with E-state index in [0.29, 0.717) is 28.4 Å². The highest BCUT2D eigenvalue weighted by atomic mass is 16.5.